The highest BCUT2D eigenvalue weighted by atomic mass is 79.9. The molecule has 0 aliphatic rings. The van der Waals surface area contributed by atoms with Crippen molar-refractivity contribution in [1.82, 2.24) is 5.32 Å². The molecule has 0 heterocycles. The Labute approximate surface area is 111 Å². The Morgan fingerprint density at radius 3 is 2.71 bits per heavy atom. The minimum atomic E-state index is -0.217. The van der Waals surface area contributed by atoms with Gasteiger partial charge < -0.3 is 10.1 Å². The number of likely N-dealkylation sites (N-methyl/N-ethyl adjacent to an activating group) is 1. The zero-order chi connectivity index (χ0) is 12.8. The van der Waals surface area contributed by atoms with Crippen molar-refractivity contribution in [2.75, 3.05) is 13.2 Å². The van der Waals surface area contributed by atoms with Crippen LogP contribution < -0.4 is 5.32 Å². The summed E-state index contributed by atoms with van der Waals surface area (Å²) in [6.45, 7) is 7.19. The highest BCUT2D eigenvalue weighted by molar-refractivity contribution is 9.10. The van der Waals surface area contributed by atoms with E-state index in [0.29, 0.717) is 16.6 Å². The van der Waals surface area contributed by atoms with E-state index < -0.39 is 0 Å². The molecule has 17 heavy (non-hydrogen) atoms. The summed E-state index contributed by atoms with van der Waals surface area (Å²) in [5.74, 6) is -0.217. The molecule has 0 fully saturated rings. The third-order valence-corrected chi connectivity index (χ3v) is 3.02. The summed E-state index contributed by atoms with van der Waals surface area (Å²) in [6, 6.07) is 5.21. The smallest absolute Gasteiger partial charge is 0.142 e. The van der Waals surface area contributed by atoms with Crippen molar-refractivity contribution in [3.05, 3.63) is 34.1 Å². The maximum absolute atomic E-state index is 14.0. The molecule has 0 radical (unpaired) electrons. The molecule has 4 heteroatoms. The van der Waals surface area contributed by atoms with E-state index in [-0.39, 0.29) is 18.0 Å². The Morgan fingerprint density at radius 2 is 2.12 bits per heavy atom. The zero-order valence-electron chi connectivity index (χ0n) is 10.5. The third-order valence-electron chi connectivity index (χ3n) is 2.40. The average Bonchev–Trinajstić information content (AvgIpc) is 2.28. The number of rotatable bonds is 6. The van der Waals surface area contributed by atoms with E-state index in [2.05, 4.69) is 21.2 Å². The van der Waals surface area contributed by atoms with Gasteiger partial charge in [0.15, 0.2) is 0 Å². The minimum absolute atomic E-state index is 0.111. The summed E-state index contributed by atoms with van der Waals surface area (Å²) in [5.41, 5.74) is 0.641. The quantitative estimate of drug-likeness (QED) is 0.866. The second kappa shape index (κ2) is 7.09. The van der Waals surface area contributed by atoms with Gasteiger partial charge in [0.1, 0.15) is 5.82 Å². The van der Waals surface area contributed by atoms with Crippen LogP contribution in [0.5, 0.6) is 0 Å². The van der Waals surface area contributed by atoms with Crippen LogP contribution in [0, 0.1) is 5.82 Å². The lowest BCUT2D eigenvalue weighted by Gasteiger charge is -2.20. The van der Waals surface area contributed by atoms with E-state index in [1.165, 1.54) is 0 Å². The number of halogens is 2. The summed E-state index contributed by atoms with van der Waals surface area (Å²) < 4.78 is 20.0. The van der Waals surface area contributed by atoms with E-state index in [1.807, 2.05) is 26.8 Å². The summed E-state index contributed by atoms with van der Waals surface area (Å²) in [7, 11) is 0. The first-order valence-electron chi connectivity index (χ1n) is 5.85. The van der Waals surface area contributed by atoms with Crippen molar-refractivity contribution >= 4 is 15.9 Å². The third kappa shape index (κ3) is 4.37. The van der Waals surface area contributed by atoms with Crippen LogP contribution in [0.15, 0.2) is 22.7 Å². The lowest BCUT2D eigenvalue weighted by Crippen LogP contribution is -2.27. The topological polar surface area (TPSA) is 21.3 Å². The van der Waals surface area contributed by atoms with Gasteiger partial charge in [-0.3, -0.25) is 0 Å². The highest BCUT2D eigenvalue weighted by Crippen LogP contribution is 2.24. The molecular formula is C13H19BrFNO. The Kier molecular flexibility index (Phi) is 6.09. The van der Waals surface area contributed by atoms with Crippen LogP contribution in [0.1, 0.15) is 32.4 Å². The van der Waals surface area contributed by atoms with Crippen molar-refractivity contribution in [2.24, 2.45) is 0 Å². The fourth-order valence-electron chi connectivity index (χ4n) is 1.58. The molecule has 2 nitrogen and oxygen atoms in total. The monoisotopic (exact) mass is 303 g/mol. The lowest BCUT2D eigenvalue weighted by atomic mass is 10.1. The van der Waals surface area contributed by atoms with Crippen molar-refractivity contribution in [2.45, 2.75) is 32.9 Å². The molecule has 1 aromatic carbocycles. The summed E-state index contributed by atoms with van der Waals surface area (Å²) >= 11 is 3.20. The molecule has 0 aliphatic carbocycles. The molecule has 0 aliphatic heterocycles. The van der Waals surface area contributed by atoms with Gasteiger partial charge in [-0.25, -0.2) is 4.39 Å². The summed E-state index contributed by atoms with van der Waals surface area (Å²) in [4.78, 5) is 0. The first-order chi connectivity index (χ1) is 8.06. The molecule has 0 saturated carbocycles. The Hall–Kier alpha value is -0.450. The summed E-state index contributed by atoms with van der Waals surface area (Å²) in [5, 5.41) is 3.24. The van der Waals surface area contributed by atoms with Crippen LogP contribution in [0.25, 0.3) is 0 Å². The number of benzene rings is 1. The van der Waals surface area contributed by atoms with Gasteiger partial charge in [0, 0.05) is 5.56 Å². The molecule has 1 N–H and O–H groups in total. The maximum atomic E-state index is 14.0. The van der Waals surface area contributed by atoms with Gasteiger partial charge in [0.05, 0.1) is 23.2 Å². The minimum Gasteiger partial charge on any atom is -0.377 e. The average molecular weight is 304 g/mol. The van der Waals surface area contributed by atoms with Gasteiger partial charge in [-0.15, -0.1) is 0 Å². The first-order valence-corrected chi connectivity index (χ1v) is 6.64. The van der Waals surface area contributed by atoms with Crippen molar-refractivity contribution < 1.29 is 9.13 Å². The van der Waals surface area contributed by atoms with E-state index in [9.17, 15) is 4.39 Å². The molecular weight excluding hydrogens is 285 g/mol. The molecule has 0 spiro atoms. The van der Waals surface area contributed by atoms with Crippen LogP contribution >= 0.6 is 15.9 Å². The lowest BCUT2D eigenvalue weighted by molar-refractivity contribution is 0.0607. The molecule has 96 valence electrons. The second-order valence-corrected chi connectivity index (χ2v) is 4.99. The molecule has 1 aromatic rings. The van der Waals surface area contributed by atoms with Crippen LogP contribution in [0.2, 0.25) is 0 Å². The zero-order valence-corrected chi connectivity index (χ0v) is 12.1. The van der Waals surface area contributed by atoms with Gasteiger partial charge in [0.25, 0.3) is 0 Å². The molecule has 0 amide bonds. The van der Waals surface area contributed by atoms with E-state index >= 15 is 0 Å². The van der Waals surface area contributed by atoms with E-state index in [0.717, 1.165) is 6.54 Å². The molecule has 1 atom stereocenters. The molecule has 1 rings (SSSR count). The SMILES string of the molecule is CCNC(COC(C)C)c1cccc(Br)c1F. The fraction of sp³-hybridized carbons (Fsp3) is 0.538. The van der Waals surface area contributed by atoms with Crippen molar-refractivity contribution in [1.29, 1.82) is 0 Å². The normalized spacial score (nSPS) is 13.1. The number of nitrogens with one attached hydrogen (secondary N) is 1. The van der Waals surface area contributed by atoms with Crippen molar-refractivity contribution in [3.8, 4) is 0 Å². The molecule has 1 unspecified atom stereocenters. The van der Waals surface area contributed by atoms with Gasteiger partial charge >= 0.3 is 0 Å². The predicted molar refractivity (Wildman–Crippen MR) is 71.6 cm³/mol. The van der Waals surface area contributed by atoms with E-state index in [1.54, 1.807) is 12.1 Å². The Bertz CT molecular complexity index is 357. The highest BCUT2D eigenvalue weighted by Gasteiger charge is 2.17. The van der Waals surface area contributed by atoms with Gasteiger partial charge in [-0.05, 0) is 42.4 Å². The predicted octanol–water partition coefficient (Wildman–Crippen LogP) is 3.66. The number of hydrogen-bond donors (Lipinski definition) is 1. The number of ether oxygens (including phenoxy) is 1. The van der Waals surface area contributed by atoms with Crippen LogP contribution in [0.3, 0.4) is 0 Å². The van der Waals surface area contributed by atoms with Gasteiger partial charge in [-0.1, -0.05) is 19.1 Å². The van der Waals surface area contributed by atoms with Crippen molar-refractivity contribution in [3.63, 3.8) is 0 Å². The van der Waals surface area contributed by atoms with E-state index in [4.69, 9.17) is 4.74 Å². The second-order valence-electron chi connectivity index (χ2n) is 4.14. The molecule has 0 aromatic heterocycles. The maximum Gasteiger partial charge on any atom is 0.142 e. The van der Waals surface area contributed by atoms with Gasteiger partial charge in [-0.2, -0.15) is 0 Å². The van der Waals surface area contributed by atoms with Crippen LogP contribution in [0.4, 0.5) is 4.39 Å². The first kappa shape index (κ1) is 14.6. The molecule has 0 saturated heterocycles. The summed E-state index contributed by atoms with van der Waals surface area (Å²) in [6.07, 6.45) is 0.145. The number of hydrogen-bond acceptors (Lipinski definition) is 2. The van der Waals surface area contributed by atoms with Crippen LogP contribution in [-0.4, -0.2) is 19.3 Å². The Morgan fingerprint density at radius 1 is 1.41 bits per heavy atom. The van der Waals surface area contributed by atoms with Gasteiger partial charge in [0.2, 0.25) is 0 Å². The molecule has 0 bridgehead atoms. The fourth-order valence-corrected chi connectivity index (χ4v) is 1.96. The standard InChI is InChI=1S/C13H19BrFNO/c1-4-16-12(8-17-9(2)3)10-6-5-7-11(14)13(10)15/h5-7,9,12,16H,4,8H2,1-3H3. The largest absolute Gasteiger partial charge is 0.377 e. The van der Waals surface area contributed by atoms with Crippen LogP contribution in [-0.2, 0) is 4.74 Å². The Balaban J connectivity index is 2.85.